The predicted molar refractivity (Wildman–Crippen MR) is 56.8 cm³/mol. The number of carbonyl (C=O) groups excluding carboxylic acids is 2. The Bertz CT molecular complexity index is 369. The molecule has 0 saturated heterocycles. The Kier molecular flexibility index (Phi) is 3.24. The first-order valence-corrected chi connectivity index (χ1v) is 5.34. The van der Waals surface area contributed by atoms with Crippen LogP contribution < -0.4 is 10.6 Å². The van der Waals surface area contributed by atoms with Crippen molar-refractivity contribution in [3.8, 4) is 0 Å². The number of amides is 2. The molecule has 0 atom stereocenters. The molecule has 1 fully saturated rings. The molecule has 5 nitrogen and oxygen atoms in total. The molecule has 2 rings (SSSR count). The highest BCUT2D eigenvalue weighted by Crippen LogP contribution is 2.27. The Balaban J connectivity index is 1.66. The number of hydrogen-bond acceptors (Lipinski definition) is 3. The SMILES string of the molecule is O=C(CNC(=O)c1ccco1)NCC1CC1. The van der Waals surface area contributed by atoms with Gasteiger partial charge in [0.1, 0.15) is 0 Å². The molecule has 1 aliphatic carbocycles. The molecule has 1 heterocycles. The minimum Gasteiger partial charge on any atom is -0.459 e. The summed E-state index contributed by atoms with van der Waals surface area (Å²) in [6.07, 6.45) is 3.81. The molecule has 1 aromatic heterocycles. The Morgan fingerprint density at radius 3 is 2.81 bits per heavy atom. The summed E-state index contributed by atoms with van der Waals surface area (Å²) in [4.78, 5) is 22.7. The third-order valence-electron chi connectivity index (χ3n) is 2.44. The summed E-state index contributed by atoms with van der Waals surface area (Å²) in [5.41, 5.74) is 0. The second-order valence-electron chi connectivity index (χ2n) is 3.91. The number of rotatable bonds is 5. The minimum atomic E-state index is -0.369. The average Bonchev–Trinajstić information content (AvgIpc) is 2.95. The van der Waals surface area contributed by atoms with Crippen molar-refractivity contribution in [2.75, 3.05) is 13.1 Å². The van der Waals surface area contributed by atoms with E-state index in [0.717, 1.165) is 6.54 Å². The molecule has 86 valence electrons. The Morgan fingerprint density at radius 2 is 2.19 bits per heavy atom. The van der Waals surface area contributed by atoms with Gasteiger partial charge < -0.3 is 15.1 Å². The quantitative estimate of drug-likeness (QED) is 0.763. The van der Waals surface area contributed by atoms with Crippen molar-refractivity contribution >= 4 is 11.8 Å². The van der Waals surface area contributed by atoms with Gasteiger partial charge in [0.05, 0.1) is 12.8 Å². The zero-order valence-corrected chi connectivity index (χ0v) is 8.86. The standard InChI is InChI=1S/C11H14N2O3/c14-10(12-6-8-3-4-8)7-13-11(15)9-2-1-5-16-9/h1-2,5,8H,3-4,6-7H2,(H,12,14)(H,13,15). The molecule has 0 bridgehead atoms. The van der Waals surface area contributed by atoms with Crippen LogP contribution in [0.25, 0.3) is 0 Å². The molecular weight excluding hydrogens is 208 g/mol. The van der Waals surface area contributed by atoms with Gasteiger partial charge in [0.25, 0.3) is 5.91 Å². The predicted octanol–water partition coefficient (Wildman–Crippen LogP) is 0.536. The smallest absolute Gasteiger partial charge is 0.287 e. The van der Waals surface area contributed by atoms with E-state index in [0.29, 0.717) is 5.92 Å². The van der Waals surface area contributed by atoms with Crippen LogP contribution in [0.15, 0.2) is 22.8 Å². The number of nitrogens with one attached hydrogen (secondary N) is 2. The molecule has 2 N–H and O–H groups in total. The summed E-state index contributed by atoms with van der Waals surface area (Å²) >= 11 is 0. The Hall–Kier alpha value is -1.78. The van der Waals surface area contributed by atoms with Gasteiger partial charge >= 0.3 is 0 Å². The van der Waals surface area contributed by atoms with Crippen LogP contribution in [0.2, 0.25) is 0 Å². The number of hydrogen-bond donors (Lipinski definition) is 2. The maximum atomic E-state index is 11.4. The molecular formula is C11H14N2O3. The van der Waals surface area contributed by atoms with Crippen molar-refractivity contribution in [3.05, 3.63) is 24.2 Å². The van der Waals surface area contributed by atoms with Crippen molar-refractivity contribution < 1.29 is 14.0 Å². The zero-order valence-electron chi connectivity index (χ0n) is 8.86. The largest absolute Gasteiger partial charge is 0.459 e. The molecule has 0 spiro atoms. The van der Waals surface area contributed by atoms with E-state index in [1.807, 2.05) is 0 Å². The van der Waals surface area contributed by atoms with Gasteiger partial charge in [0.15, 0.2) is 5.76 Å². The Labute approximate surface area is 93.2 Å². The summed E-state index contributed by atoms with van der Waals surface area (Å²) < 4.78 is 4.89. The number of furan rings is 1. The van der Waals surface area contributed by atoms with Gasteiger partial charge in [-0.05, 0) is 30.9 Å². The summed E-state index contributed by atoms with van der Waals surface area (Å²) in [5, 5.41) is 5.25. The fourth-order valence-corrected chi connectivity index (χ4v) is 1.30. The molecule has 0 unspecified atom stereocenters. The van der Waals surface area contributed by atoms with E-state index in [4.69, 9.17) is 4.42 Å². The summed E-state index contributed by atoms with van der Waals surface area (Å²) in [6, 6.07) is 3.18. The average molecular weight is 222 g/mol. The van der Waals surface area contributed by atoms with Crippen molar-refractivity contribution in [3.63, 3.8) is 0 Å². The summed E-state index contributed by atoms with van der Waals surface area (Å²) in [5.74, 6) is 0.332. The van der Waals surface area contributed by atoms with E-state index >= 15 is 0 Å². The van der Waals surface area contributed by atoms with Gasteiger partial charge in [0.2, 0.25) is 5.91 Å². The lowest BCUT2D eigenvalue weighted by molar-refractivity contribution is -0.120. The first-order valence-electron chi connectivity index (χ1n) is 5.34. The third kappa shape index (κ3) is 3.12. The van der Waals surface area contributed by atoms with Gasteiger partial charge in [-0.3, -0.25) is 9.59 Å². The molecule has 1 saturated carbocycles. The van der Waals surface area contributed by atoms with E-state index < -0.39 is 0 Å². The van der Waals surface area contributed by atoms with Crippen LogP contribution >= 0.6 is 0 Å². The summed E-state index contributed by atoms with van der Waals surface area (Å²) in [7, 11) is 0. The second kappa shape index (κ2) is 4.83. The van der Waals surface area contributed by atoms with Gasteiger partial charge in [0, 0.05) is 6.54 Å². The molecule has 0 radical (unpaired) electrons. The van der Waals surface area contributed by atoms with Crippen LogP contribution in [0.3, 0.4) is 0 Å². The lowest BCUT2D eigenvalue weighted by Crippen LogP contribution is -2.37. The van der Waals surface area contributed by atoms with Crippen molar-refractivity contribution in [1.29, 1.82) is 0 Å². The summed E-state index contributed by atoms with van der Waals surface area (Å²) in [6.45, 7) is 0.710. The lowest BCUT2D eigenvalue weighted by Gasteiger charge is -2.04. The van der Waals surface area contributed by atoms with E-state index in [1.54, 1.807) is 12.1 Å². The fraction of sp³-hybridized carbons (Fsp3) is 0.455. The maximum Gasteiger partial charge on any atom is 0.287 e. The lowest BCUT2D eigenvalue weighted by atomic mass is 10.4. The monoisotopic (exact) mass is 222 g/mol. The van der Waals surface area contributed by atoms with E-state index in [2.05, 4.69) is 10.6 Å². The third-order valence-corrected chi connectivity index (χ3v) is 2.44. The highest BCUT2D eigenvalue weighted by molar-refractivity contribution is 5.94. The van der Waals surface area contributed by atoms with Crippen LogP contribution in [-0.4, -0.2) is 24.9 Å². The highest BCUT2D eigenvalue weighted by atomic mass is 16.3. The minimum absolute atomic E-state index is 0.00769. The molecule has 16 heavy (non-hydrogen) atoms. The van der Waals surface area contributed by atoms with Crippen LogP contribution in [0.4, 0.5) is 0 Å². The molecule has 5 heteroatoms. The van der Waals surface area contributed by atoms with Gasteiger partial charge in [-0.1, -0.05) is 0 Å². The normalized spacial score (nSPS) is 14.5. The molecule has 0 aliphatic heterocycles. The molecule has 1 aromatic rings. The second-order valence-corrected chi connectivity index (χ2v) is 3.91. The molecule has 0 aromatic carbocycles. The van der Waals surface area contributed by atoms with Gasteiger partial charge in [-0.25, -0.2) is 0 Å². The van der Waals surface area contributed by atoms with Crippen LogP contribution in [0.1, 0.15) is 23.4 Å². The number of carbonyl (C=O) groups is 2. The van der Waals surface area contributed by atoms with Crippen molar-refractivity contribution in [2.45, 2.75) is 12.8 Å². The topological polar surface area (TPSA) is 71.3 Å². The molecule has 2 amide bonds. The van der Waals surface area contributed by atoms with Crippen LogP contribution in [-0.2, 0) is 4.79 Å². The first-order chi connectivity index (χ1) is 7.75. The molecule has 1 aliphatic rings. The van der Waals surface area contributed by atoms with Gasteiger partial charge in [-0.2, -0.15) is 0 Å². The van der Waals surface area contributed by atoms with Crippen LogP contribution in [0, 0.1) is 5.92 Å². The van der Waals surface area contributed by atoms with E-state index in [-0.39, 0.29) is 24.1 Å². The Morgan fingerprint density at radius 1 is 1.38 bits per heavy atom. The first kappa shape index (κ1) is 10.7. The van der Waals surface area contributed by atoms with E-state index in [9.17, 15) is 9.59 Å². The van der Waals surface area contributed by atoms with Crippen molar-refractivity contribution in [1.82, 2.24) is 10.6 Å². The van der Waals surface area contributed by atoms with E-state index in [1.165, 1.54) is 19.1 Å². The van der Waals surface area contributed by atoms with Gasteiger partial charge in [-0.15, -0.1) is 0 Å². The fourth-order valence-electron chi connectivity index (χ4n) is 1.30. The van der Waals surface area contributed by atoms with Crippen LogP contribution in [0.5, 0.6) is 0 Å². The highest BCUT2D eigenvalue weighted by Gasteiger charge is 2.21. The zero-order chi connectivity index (χ0) is 11.4. The maximum absolute atomic E-state index is 11.4. The van der Waals surface area contributed by atoms with Crippen molar-refractivity contribution in [2.24, 2.45) is 5.92 Å².